The fraction of sp³-hybridized carbons (Fsp3) is 0. The van der Waals surface area contributed by atoms with Crippen molar-refractivity contribution < 1.29 is 4.92 Å². The van der Waals surface area contributed by atoms with Gasteiger partial charge in [0.05, 0.1) is 14.2 Å². The molecule has 0 saturated carbocycles. The lowest BCUT2D eigenvalue weighted by molar-refractivity contribution is -0.385. The Labute approximate surface area is 105 Å². The van der Waals surface area contributed by atoms with Crippen LogP contribution in [0.15, 0.2) is 42.7 Å². The van der Waals surface area contributed by atoms with E-state index in [9.17, 15) is 10.1 Å². The van der Waals surface area contributed by atoms with Crippen molar-refractivity contribution in [2.24, 2.45) is 0 Å². The first-order valence-electron chi connectivity index (χ1n) is 4.51. The van der Waals surface area contributed by atoms with Crippen molar-refractivity contribution in [1.29, 1.82) is 0 Å². The molecule has 0 bridgehead atoms. The second-order valence-corrected chi connectivity index (χ2v) is 4.29. The number of anilines is 1. The third kappa shape index (κ3) is 2.32. The molecular formula is C10H8IN3O2. The van der Waals surface area contributed by atoms with Crippen LogP contribution in [0, 0.1) is 13.7 Å². The van der Waals surface area contributed by atoms with Gasteiger partial charge < -0.3 is 0 Å². The van der Waals surface area contributed by atoms with Crippen molar-refractivity contribution in [2.75, 3.05) is 5.43 Å². The third-order valence-electron chi connectivity index (χ3n) is 2.01. The number of benzene rings is 1. The molecule has 2 rings (SSSR count). The first-order chi connectivity index (χ1) is 7.66. The van der Waals surface area contributed by atoms with E-state index in [0.717, 1.165) is 5.69 Å². The van der Waals surface area contributed by atoms with Gasteiger partial charge in [0.2, 0.25) is 0 Å². The molecule has 1 N–H and O–H groups in total. The Hall–Kier alpha value is -1.57. The first kappa shape index (κ1) is 10.9. The maximum Gasteiger partial charge on any atom is 0.282 e. The molecule has 1 aromatic carbocycles. The van der Waals surface area contributed by atoms with E-state index in [2.05, 4.69) is 5.43 Å². The summed E-state index contributed by atoms with van der Waals surface area (Å²) in [5.74, 6) is 0. The van der Waals surface area contributed by atoms with Crippen molar-refractivity contribution in [2.45, 2.75) is 0 Å². The normalized spacial score (nSPS) is 10.1. The maximum absolute atomic E-state index is 10.6. The summed E-state index contributed by atoms with van der Waals surface area (Å²) in [5.41, 5.74) is 4.02. The van der Waals surface area contributed by atoms with Crippen LogP contribution in [-0.2, 0) is 0 Å². The van der Waals surface area contributed by atoms with Crippen molar-refractivity contribution in [3.8, 4) is 0 Å². The average Bonchev–Trinajstić information content (AvgIpc) is 2.70. The molecule has 0 saturated heterocycles. The molecule has 0 fully saturated rings. The van der Waals surface area contributed by atoms with Crippen molar-refractivity contribution in [3.05, 3.63) is 56.4 Å². The number of nitrogens with zero attached hydrogens (tertiary/aromatic N) is 2. The molecule has 0 aliphatic carbocycles. The van der Waals surface area contributed by atoms with Crippen LogP contribution in [0.3, 0.4) is 0 Å². The number of aromatic nitrogens is 1. The van der Waals surface area contributed by atoms with Gasteiger partial charge in [0.25, 0.3) is 5.69 Å². The number of nitro groups is 1. The first-order valence-corrected chi connectivity index (χ1v) is 5.58. The van der Waals surface area contributed by atoms with Crippen LogP contribution in [0.25, 0.3) is 0 Å². The molecule has 0 unspecified atom stereocenters. The largest absolute Gasteiger partial charge is 0.295 e. The van der Waals surface area contributed by atoms with E-state index in [0.29, 0.717) is 3.57 Å². The molecule has 2 aromatic rings. The van der Waals surface area contributed by atoms with E-state index in [1.165, 1.54) is 6.07 Å². The second-order valence-electron chi connectivity index (χ2n) is 3.13. The number of nitro benzene ring substituents is 1. The Balaban J connectivity index is 2.24. The van der Waals surface area contributed by atoms with Crippen molar-refractivity contribution >= 4 is 34.0 Å². The molecule has 0 aliphatic heterocycles. The van der Waals surface area contributed by atoms with Crippen LogP contribution < -0.4 is 5.43 Å². The van der Waals surface area contributed by atoms with Crippen LogP contribution >= 0.6 is 22.6 Å². The van der Waals surface area contributed by atoms with Gasteiger partial charge in [-0.2, -0.15) is 0 Å². The van der Waals surface area contributed by atoms with E-state index >= 15 is 0 Å². The third-order valence-corrected chi connectivity index (χ3v) is 2.87. The highest BCUT2D eigenvalue weighted by atomic mass is 127. The van der Waals surface area contributed by atoms with Crippen LogP contribution in [0.5, 0.6) is 0 Å². The molecule has 1 heterocycles. The minimum absolute atomic E-state index is 0.124. The van der Waals surface area contributed by atoms with Gasteiger partial charge in [0.15, 0.2) is 0 Å². The predicted molar refractivity (Wildman–Crippen MR) is 69.3 cm³/mol. The summed E-state index contributed by atoms with van der Waals surface area (Å²) >= 11 is 1.95. The maximum atomic E-state index is 10.6. The lowest BCUT2D eigenvalue weighted by atomic mass is 10.3. The van der Waals surface area contributed by atoms with E-state index in [1.807, 2.05) is 47.1 Å². The minimum atomic E-state index is -0.388. The van der Waals surface area contributed by atoms with Gasteiger partial charge in [-0.25, -0.2) is 0 Å². The molecule has 0 atom stereocenters. The van der Waals surface area contributed by atoms with Gasteiger partial charge in [0.1, 0.15) is 0 Å². The van der Waals surface area contributed by atoms with Gasteiger partial charge in [-0.1, -0.05) is 0 Å². The standard InChI is InChI=1S/C10H8IN3O2/c11-9-7-8(3-4-10(9)14(15)16)12-13-5-1-2-6-13/h1-7,12H. The average molecular weight is 329 g/mol. The number of rotatable bonds is 3. The Morgan fingerprint density at radius 1 is 1.31 bits per heavy atom. The SMILES string of the molecule is O=[N+]([O-])c1ccc(Nn2cccc2)cc1I. The Morgan fingerprint density at radius 2 is 2.00 bits per heavy atom. The van der Waals surface area contributed by atoms with Gasteiger partial charge in [-0.3, -0.25) is 20.2 Å². The quantitative estimate of drug-likeness (QED) is 0.535. The summed E-state index contributed by atoms with van der Waals surface area (Å²) in [7, 11) is 0. The van der Waals surface area contributed by atoms with Crippen LogP contribution in [0.2, 0.25) is 0 Å². The molecule has 0 radical (unpaired) electrons. The highest BCUT2D eigenvalue weighted by Gasteiger charge is 2.11. The summed E-state index contributed by atoms with van der Waals surface area (Å²) in [4.78, 5) is 10.2. The van der Waals surface area contributed by atoms with Crippen LogP contribution in [0.4, 0.5) is 11.4 Å². The fourth-order valence-corrected chi connectivity index (χ4v) is 1.99. The summed E-state index contributed by atoms with van der Waals surface area (Å²) < 4.78 is 2.39. The zero-order chi connectivity index (χ0) is 11.5. The molecule has 5 nitrogen and oxygen atoms in total. The van der Waals surface area contributed by atoms with Gasteiger partial charge in [0, 0.05) is 18.5 Å². The molecule has 0 amide bonds. The number of hydrogen-bond acceptors (Lipinski definition) is 3. The molecule has 0 spiro atoms. The Bertz CT molecular complexity index is 511. The summed E-state index contributed by atoms with van der Waals surface area (Å²) in [5, 5.41) is 10.6. The number of halogens is 1. The highest BCUT2D eigenvalue weighted by Crippen LogP contribution is 2.24. The Morgan fingerprint density at radius 3 is 2.56 bits per heavy atom. The molecule has 6 heteroatoms. The van der Waals surface area contributed by atoms with Gasteiger partial charge in [-0.05, 0) is 46.9 Å². The van der Waals surface area contributed by atoms with Gasteiger partial charge in [-0.15, -0.1) is 0 Å². The topological polar surface area (TPSA) is 60.1 Å². The molecule has 1 aromatic heterocycles. The number of hydrogen-bond donors (Lipinski definition) is 1. The van der Waals surface area contributed by atoms with E-state index in [1.54, 1.807) is 16.8 Å². The summed E-state index contributed by atoms with van der Waals surface area (Å²) in [6.07, 6.45) is 3.71. The lowest BCUT2D eigenvalue weighted by Gasteiger charge is -2.07. The number of nitrogens with one attached hydrogen (secondary N) is 1. The lowest BCUT2D eigenvalue weighted by Crippen LogP contribution is -2.06. The molecular weight excluding hydrogens is 321 g/mol. The summed E-state index contributed by atoms with van der Waals surface area (Å²) in [6.45, 7) is 0. The van der Waals surface area contributed by atoms with Crippen molar-refractivity contribution in [1.82, 2.24) is 4.68 Å². The zero-order valence-electron chi connectivity index (χ0n) is 8.13. The fourth-order valence-electron chi connectivity index (χ4n) is 1.28. The predicted octanol–water partition coefficient (Wildman–Crippen LogP) is 2.88. The summed E-state index contributed by atoms with van der Waals surface area (Å²) in [6, 6.07) is 8.69. The molecule has 16 heavy (non-hydrogen) atoms. The van der Waals surface area contributed by atoms with E-state index in [-0.39, 0.29) is 10.6 Å². The molecule has 0 aliphatic rings. The van der Waals surface area contributed by atoms with E-state index < -0.39 is 0 Å². The zero-order valence-corrected chi connectivity index (χ0v) is 10.3. The van der Waals surface area contributed by atoms with E-state index in [4.69, 9.17) is 0 Å². The minimum Gasteiger partial charge on any atom is -0.295 e. The van der Waals surface area contributed by atoms with Crippen molar-refractivity contribution in [3.63, 3.8) is 0 Å². The highest BCUT2D eigenvalue weighted by molar-refractivity contribution is 14.1. The second kappa shape index (κ2) is 4.52. The van der Waals surface area contributed by atoms with Gasteiger partial charge >= 0.3 is 0 Å². The smallest absolute Gasteiger partial charge is 0.282 e. The monoisotopic (exact) mass is 329 g/mol. The van der Waals surface area contributed by atoms with Crippen LogP contribution in [-0.4, -0.2) is 9.60 Å². The van der Waals surface area contributed by atoms with Crippen LogP contribution in [0.1, 0.15) is 0 Å². The molecule has 82 valence electrons. The Kier molecular flexibility index (Phi) is 3.09.